The fraction of sp³-hybridized carbons (Fsp3) is 0.733. The Morgan fingerprint density at radius 3 is 2.05 bits per heavy atom. The van der Waals surface area contributed by atoms with Gasteiger partial charge in [0, 0.05) is 0 Å². The molecule has 0 amide bonds. The van der Waals surface area contributed by atoms with E-state index in [4.69, 9.17) is 4.74 Å². The molecule has 4 heteroatoms. The van der Waals surface area contributed by atoms with E-state index < -0.39 is 17.4 Å². The lowest BCUT2D eigenvalue weighted by Crippen LogP contribution is -2.37. The van der Waals surface area contributed by atoms with Crippen LogP contribution in [0.5, 0.6) is 0 Å². The van der Waals surface area contributed by atoms with Crippen molar-refractivity contribution in [1.29, 1.82) is 0 Å². The Labute approximate surface area is 114 Å². The van der Waals surface area contributed by atoms with Gasteiger partial charge in [-0.15, -0.1) is 0 Å². The summed E-state index contributed by atoms with van der Waals surface area (Å²) in [6.07, 6.45) is 4.53. The number of carboxylic acid groups (broad SMARTS) is 1. The highest BCUT2D eigenvalue weighted by Gasteiger charge is 2.44. The molecule has 0 saturated heterocycles. The molecule has 108 valence electrons. The summed E-state index contributed by atoms with van der Waals surface area (Å²) in [5, 5.41) is 9.63. The number of hydrogen-bond donors (Lipinski definition) is 1. The fourth-order valence-electron chi connectivity index (χ4n) is 2.95. The van der Waals surface area contributed by atoms with E-state index in [0.29, 0.717) is 18.4 Å². The van der Waals surface area contributed by atoms with Crippen LogP contribution < -0.4 is 0 Å². The van der Waals surface area contributed by atoms with Crippen molar-refractivity contribution >= 4 is 11.9 Å². The van der Waals surface area contributed by atoms with Crippen LogP contribution in [0, 0.1) is 5.41 Å². The maximum atomic E-state index is 12.3. The van der Waals surface area contributed by atoms with Crippen molar-refractivity contribution in [3.63, 3.8) is 0 Å². The van der Waals surface area contributed by atoms with E-state index >= 15 is 0 Å². The second kappa shape index (κ2) is 6.73. The van der Waals surface area contributed by atoms with E-state index in [-0.39, 0.29) is 6.61 Å². The summed E-state index contributed by atoms with van der Waals surface area (Å²) in [5.41, 5.74) is 0.320. The monoisotopic (exact) mass is 268 g/mol. The summed E-state index contributed by atoms with van der Waals surface area (Å²) in [6, 6.07) is 0. The molecule has 0 aliphatic heterocycles. The second-order valence-electron chi connectivity index (χ2n) is 5.00. The van der Waals surface area contributed by atoms with Crippen molar-refractivity contribution in [3.05, 3.63) is 11.1 Å². The molecular formula is C15H24O4. The first-order chi connectivity index (χ1) is 9.03. The highest BCUT2D eigenvalue weighted by molar-refractivity contribution is 5.98. The number of esters is 1. The lowest BCUT2D eigenvalue weighted by Gasteiger charge is -2.30. The number of aliphatic carboxylic acids is 1. The van der Waals surface area contributed by atoms with E-state index in [1.54, 1.807) is 6.92 Å². The summed E-state index contributed by atoms with van der Waals surface area (Å²) in [4.78, 5) is 24.0. The van der Waals surface area contributed by atoms with Crippen molar-refractivity contribution in [2.75, 3.05) is 6.61 Å². The Kier molecular flexibility index (Phi) is 5.58. The number of carbonyl (C=O) groups excluding carboxylic acids is 1. The van der Waals surface area contributed by atoms with E-state index in [1.807, 2.05) is 13.8 Å². The molecule has 0 spiro atoms. The third-order valence-corrected chi connectivity index (χ3v) is 4.14. The van der Waals surface area contributed by atoms with Gasteiger partial charge in [0.1, 0.15) is 0 Å². The molecule has 0 bridgehead atoms. The Morgan fingerprint density at radius 1 is 1.16 bits per heavy atom. The van der Waals surface area contributed by atoms with Gasteiger partial charge in [-0.25, -0.2) is 4.79 Å². The van der Waals surface area contributed by atoms with E-state index in [1.165, 1.54) is 0 Å². The van der Waals surface area contributed by atoms with Crippen molar-refractivity contribution in [3.8, 4) is 0 Å². The molecule has 1 aliphatic rings. The van der Waals surface area contributed by atoms with E-state index in [0.717, 1.165) is 31.3 Å². The number of ether oxygens (including phenoxy) is 1. The van der Waals surface area contributed by atoms with Crippen LogP contribution in [-0.4, -0.2) is 23.7 Å². The SMILES string of the molecule is CCOC(=O)C(=C1CCCC1)C(CC)(CC)C(=O)O. The smallest absolute Gasteiger partial charge is 0.335 e. The van der Waals surface area contributed by atoms with Crippen LogP contribution in [0.15, 0.2) is 11.1 Å². The molecule has 0 aromatic heterocycles. The zero-order valence-corrected chi connectivity index (χ0v) is 12.1. The molecule has 19 heavy (non-hydrogen) atoms. The van der Waals surface area contributed by atoms with Gasteiger partial charge in [0.05, 0.1) is 17.6 Å². The molecule has 4 nitrogen and oxygen atoms in total. The van der Waals surface area contributed by atoms with Gasteiger partial charge >= 0.3 is 11.9 Å². The molecule has 0 heterocycles. The van der Waals surface area contributed by atoms with Gasteiger partial charge in [0.25, 0.3) is 0 Å². The van der Waals surface area contributed by atoms with Crippen molar-refractivity contribution in [1.82, 2.24) is 0 Å². The predicted molar refractivity (Wildman–Crippen MR) is 72.8 cm³/mol. The number of carboxylic acids is 1. The topological polar surface area (TPSA) is 63.6 Å². The summed E-state index contributed by atoms with van der Waals surface area (Å²) in [6.45, 7) is 5.67. The Balaban J connectivity index is 3.33. The van der Waals surface area contributed by atoms with Gasteiger partial charge in [-0.05, 0) is 45.4 Å². The number of hydrogen-bond acceptors (Lipinski definition) is 3. The highest BCUT2D eigenvalue weighted by atomic mass is 16.5. The van der Waals surface area contributed by atoms with Crippen LogP contribution in [0.25, 0.3) is 0 Å². The average Bonchev–Trinajstić information content (AvgIpc) is 2.89. The molecule has 1 saturated carbocycles. The zero-order valence-electron chi connectivity index (χ0n) is 12.1. The number of allylic oxidation sites excluding steroid dienone is 1. The molecule has 0 atom stereocenters. The minimum absolute atomic E-state index is 0.277. The molecule has 0 aromatic carbocycles. The molecule has 0 aromatic rings. The molecule has 1 N–H and O–H groups in total. The lowest BCUT2D eigenvalue weighted by molar-refractivity contribution is -0.152. The van der Waals surface area contributed by atoms with Gasteiger partial charge in [-0.1, -0.05) is 19.4 Å². The van der Waals surface area contributed by atoms with Crippen molar-refractivity contribution in [2.24, 2.45) is 5.41 Å². The van der Waals surface area contributed by atoms with Crippen molar-refractivity contribution < 1.29 is 19.4 Å². The first kappa shape index (κ1) is 15.7. The average molecular weight is 268 g/mol. The zero-order chi connectivity index (χ0) is 14.5. The summed E-state index contributed by atoms with van der Waals surface area (Å²) < 4.78 is 5.12. The van der Waals surface area contributed by atoms with Gasteiger partial charge in [-0.2, -0.15) is 0 Å². The van der Waals surface area contributed by atoms with Crippen LogP contribution in [0.4, 0.5) is 0 Å². The van der Waals surface area contributed by atoms with Crippen LogP contribution in [0.2, 0.25) is 0 Å². The number of carbonyl (C=O) groups is 2. The Hall–Kier alpha value is -1.32. The van der Waals surface area contributed by atoms with E-state index in [2.05, 4.69) is 0 Å². The minimum atomic E-state index is -1.09. The highest BCUT2D eigenvalue weighted by Crippen LogP contribution is 2.42. The Bertz CT molecular complexity index is 370. The maximum Gasteiger partial charge on any atom is 0.335 e. The predicted octanol–water partition coefficient (Wildman–Crippen LogP) is 3.31. The molecule has 0 unspecified atom stereocenters. The largest absolute Gasteiger partial charge is 0.481 e. The molecular weight excluding hydrogens is 244 g/mol. The maximum absolute atomic E-state index is 12.3. The molecule has 0 radical (unpaired) electrons. The summed E-state index contributed by atoms with van der Waals surface area (Å²) in [7, 11) is 0. The second-order valence-corrected chi connectivity index (χ2v) is 5.00. The standard InChI is InChI=1S/C15H24O4/c1-4-15(5-2,14(17)18)12(13(16)19-6-3)11-9-7-8-10-11/h4-10H2,1-3H3,(H,17,18). The summed E-state index contributed by atoms with van der Waals surface area (Å²) >= 11 is 0. The van der Waals surface area contributed by atoms with Gasteiger partial charge in [0.15, 0.2) is 0 Å². The van der Waals surface area contributed by atoms with Gasteiger partial charge in [0.2, 0.25) is 0 Å². The van der Waals surface area contributed by atoms with E-state index in [9.17, 15) is 14.7 Å². The molecule has 1 aliphatic carbocycles. The van der Waals surface area contributed by atoms with Crippen LogP contribution >= 0.6 is 0 Å². The molecule has 1 rings (SSSR count). The lowest BCUT2D eigenvalue weighted by atomic mass is 9.73. The number of rotatable bonds is 6. The van der Waals surface area contributed by atoms with Gasteiger partial charge in [-0.3, -0.25) is 4.79 Å². The minimum Gasteiger partial charge on any atom is -0.481 e. The van der Waals surface area contributed by atoms with Gasteiger partial charge < -0.3 is 9.84 Å². The third kappa shape index (κ3) is 2.99. The normalized spacial score (nSPS) is 15.4. The Morgan fingerprint density at radius 2 is 1.68 bits per heavy atom. The van der Waals surface area contributed by atoms with Crippen molar-refractivity contribution in [2.45, 2.75) is 59.3 Å². The summed E-state index contributed by atoms with van der Waals surface area (Å²) in [5.74, 6) is -1.36. The quantitative estimate of drug-likeness (QED) is 0.593. The van der Waals surface area contributed by atoms with Crippen LogP contribution in [-0.2, 0) is 14.3 Å². The first-order valence-electron chi connectivity index (χ1n) is 7.16. The first-order valence-corrected chi connectivity index (χ1v) is 7.16. The third-order valence-electron chi connectivity index (χ3n) is 4.14. The molecule has 1 fully saturated rings. The van der Waals surface area contributed by atoms with Crippen LogP contribution in [0.1, 0.15) is 59.3 Å². The fourth-order valence-corrected chi connectivity index (χ4v) is 2.95. The van der Waals surface area contributed by atoms with Crippen LogP contribution in [0.3, 0.4) is 0 Å².